The number of amides is 3. The molecular weight excluding hydrogens is 322 g/mol. The first-order valence-corrected chi connectivity index (χ1v) is 7.16. The van der Waals surface area contributed by atoms with Crippen molar-refractivity contribution in [2.45, 2.75) is 0 Å². The van der Waals surface area contributed by atoms with Gasteiger partial charge in [-0.3, -0.25) is 4.79 Å². The van der Waals surface area contributed by atoms with Crippen molar-refractivity contribution in [2.75, 3.05) is 30.9 Å². The normalized spacial score (nSPS) is 10.2. The van der Waals surface area contributed by atoms with E-state index in [0.717, 1.165) is 0 Å². The van der Waals surface area contributed by atoms with Crippen LogP contribution in [0.5, 0.6) is 0 Å². The Hall–Kier alpha value is -2.51. The second-order valence-electron chi connectivity index (χ2n) is 4.50. The van der Waals surface area contributed by atoms with E-state index < -0.39 is 5.91 Å². The molecule has 0 aliphatic heterocycles. The molecule has 0 atom stereocenters. The molecule has 8 heteroatoms. The number of hydrogen-bond acceptors (Lipinski definition) is 4. The second-order valence-corrected chi connectivity index (χ2v) is 4.91. The number of halogens is 1. The molecule has 1 heterocycles. The van der Waals surface area contributed by atoms with Gasteiger partial charge in [-0.2, -0.15) is 0 Å². The third-order valence-corrected chi connectivity index (χ3v) is 3.12. The molecule has 0 aliphatic rings. The lowest BCUT2D eigenvalue weighted by Gasteiger charge is -2.10. The summed E-state index contributed by atoms with van der Waals surface area (Å²) in [6.45, 7) is 0.819. The van der Waals surface area contributed by atoms with Crippen LogP contribution >= 0.6 is 11.6 Å². The van der Waals surface area contributed by atoms with E-state index in [4.69, 9.17) is 20.8 Å². The predicted molar refractivity (Wildman–Crippen MR) is 87.0 cm³/mol. The summed E-state index contributed by atoms with van der Waals surface area (Å²) < 4.78 is 9.83. The molecule has 7 nitrogen and oxygen atoms in total. The first-order valence-electron chi connectivity index (χ1n) is 6.78. The van der Waals surface area contributed by atoms with Crippen molar-refractivity contribution in [3.8, 4) is 0 Å². The number of urea groups is 1. The summed E-state index contributed by atoms with van der Waals surface area (Å²) in [7, 11) is 1.55. The molecule has 0 unspecified atom stereocenters. The van der Waals surface area contributed by atoms with Gasteiger partial charge in [-0.05, 0) is 30.3 Å². The third kappa shape index (κ3) is 5.01. The Bertz CT molecular complexity index is 673. The van der Waals surface area contributed by atoms with Gasteiger partial charge in [0, 0.05) is 19.3 Å². The van der Waals surface area contributed by atoms with Gasteiger partial charge in [-0.15, -0.1) is 0 Å². The summed E-state index contributed by atoms with van der Waals surface area (Å²) in [5.74, 6) is -0.226. The number of anilines is 2. The van der Waals surface area contributed by atoms with Gasteiger partial charge < -0.3 is 25.1 Å². The van der Waals surface area contributed by atoms with Crippen LogP contribution in [-0.2, 0) is 4.74 Å². The van der Waals surface area contributed by atoms with Crippen molar-refractivity contribution in [1.82, 2.24) is 5.32 Å². The minimum Gasteiger partial charge on any atom is -0.459 e. The van der Waals surface area contributed by atoms with Gasteiger partial charge in [0.25, 0.3) is 5.91 Å². The standard InChI is InChI=1S/C15H16ClN3O4/c1-22-8-6-17-15(21)18-10-4-5-12(11(16)9-10)19-14(20)13-3-2-7-23-13/h2-5,7,9H,6,8H2,1H3,(H,19,20)(H2,17,18,21). The van der Waals surface area contributed by atoms with Crippen LogP contribution < -0.4 is 16.0 Å². The first-order chi connectivity index (χ1) is 11.1. The number of methoxy groups -OCH3 is 1. The number of carbonyl (C=O) groups excluding carboxylic acids is 2. The Kier molecular flexibility index (Phi) is 6.02. The zero-order valence-corrected chi connectivity index (χ0v) is 13.1. The smallest absolute Gasteiger partial charge is 0.319 e. The van der Waals surface area contributed by atoms with E-state index in [1.807, 2.05) is 0 Å². The number of furan rings is 1. The molecule has 2 aromatic rings. The van der Waals surface area contributed by atoms with E-state index in [9.17, 15) is 9.59 Å². The summed E-state index contributed by atoms with van der Waals surface area (Å²) in [5, 5.41) is 8.16. The summed E-state index contributed by atoms with van der Waals surface area (Å²) in [6.07, 6.45) is 1.41. The fraction of sp³-hybridized carbons (Fsp3) is 0.200. The van der Waals surface area contributed by atoms with E-state index in [0.29, 0.717) is 29.5 Å². The topological polar surface area (TPSA) is 92.6 Å². The number of rotatable bonds is 6. The molecule has 122 valence electrons. The SMILES string of the molecule is COCCNC(=O)Nc1ccc(NC(=O)c2ccco2)c(Cl)c1. The molecular formula is C15H16ClN3O4. The van der Waals surface area contributed by atoms with Crippen LogP contribution in [0, 0.1) is 0 Å². The summed E-state index contributed by atoms with van der Waals surface area (Å²) in [5.41, 5.74) is 0.916. The first kappa shape index (κ1) is 16.9. The van der Waals surface area contributed by atoms with E-state index >= 15 is 0 Å². The van der Waals surface area contributed by atoms with Gasteiger partial charge in [-0.25, -0.2) is 4.79 Å². The Balaban J connectivity index is 1.95. The lowest BCUT2D eigenvalue weighted by atomic mass is 10.2. The van der Waals surface area contributed by atoms with Gasteiger partial charge in [-0.1, -0.05) is 11.6 Å². The van der Waals surface area contributed by atoms with Crippen LogP contribution in [0.1, 0.15) is 10.6 Å². The molecule has 0 bridgehead atoms. The van der Waals surface area contributed by atoms with Crippen molar-refractivity contribution in [2.24, 2.45) is 0 Å². The second kappa shape index (κ2) is 8.21. The van der Waals surface area contributed by atoms with E-state index in [1.165, 1.54) is 12.3 Å². The zero-order chi connectivity index (χ0) is 16.7. The molecule has 0 spiro atoms. The highest BCUT2D eigenvalue weighted by atomic mass is 35.5. The molecule has 0 radical (unpaired) electrons. The van der Waals surface area contributed by atoms with Crippen LogP contribution in [-0.4, -0.2) is 32.2 Å². The number of benzene rings is 1. The molecule has 23 heavy (non-hydrogen) atoms. The van der Waals surface area contributed by atoms with Gasteiger partial charge >= 0.3 is 6.03 Å². The molecule has 3 amide bonds. The molecule has 1 aromatic heterocycles. The maximum atomic E-state index is 11.9. The highest BCUT2D eigenvalue weighted by Crippen LogP contribution is 2.26. The fourth-order valence-electron chi connectivity index (χ4n) is 1.73. The van der Waals surface area contributed by atoms with E-state index in [2.05, 4.69) is 16.0 Å². The molecule has 2 rings (SSSR count). The Morgan fingerprint density at radius 3 is 2.74 bits per heavy atom. The Labute approximate surface area is 137 Å². The largest absolute Gasteiger partial charge is 0.459 e. The monoisotopic (exact) mass is 337 g/mol. The van der Waals surface area contributed by atoms with Gasteiger partial charge in [0.2, 0.25) is 0 Å². The molecule has 0 saturated carbocycles. The van der Waals surface area contributed by atoms with Crippen molar-refractivity contribution in [3.05, 3.63) is 47.4 Å². The quantitative estimate of drug-likeness (QED) is 0.706. The molecule has 1 aromatic carbocycles. The third-order valence-electron chi connectivity index (χ3n) is 2.81. The van der Waals surface area contributed by atoms with Crippen LogP contribution in [0.25, 0.3) is 0 Å². The van der Waals surface area contributed by atoms with E-state index in [1.54, 1.807) is 31.4 Å². The number of ether oxygens (including phenoxy) is 1. The molecule has 0 saturated heterocycles. The fourth-order valence-corrected chi connectivity index (χ4v) is 1.96. The van der Waals surface area contributed by atoms with Crippen LogP contribution in [0.4, 0.5) is 16.2 Å². The van der Waals surface area contributed by atoms with Crippen LogP contribution in [0.2, 0.25) is 5.02 Å². The highest BCUT2D eigenvalue weighted by Gasteiger charge is 2.11. The van der Waals surface area contributed by atoms with Crippen molar-refractivity contribution < 1.29 is 18.7 Å². The maximum Gasteiger partial charge on any atom is 0.319 e. The van der Waals surface area contributed by atoms with E-state index in [-0.39, 0.29) is 11.8 Å². The van der Waals surface area contributed by atoms with Gasteiger partial charge in [0.1, 0.15) is 0 Å². The van der Waals surface area contributed by atoms with Crippen molar-refractivity contribution in [3.63, 3.8) is 0 Å². The number of hydrogen-bond donors (Lipinski definition) is 3. The lowest BCUT2D eigenvalue weighted by molar-refractivity contribution is 0.0996. The van der Waals surface area contributed by atoms with Crippen molar-refractivity contribution in [1.29, 1.82) is 0 Å². The highest BCUT2D eigenvalue weighted by molar-refractivity contribution is 6.34. The van der Waals surface area contributed by atoms with Crippen LogP contribution in [0.15, 0.2) is 41.0 Å². The molecule has 0 aliphatic carbocycles. The predicted octanol–water partition coefficient (Wildman–Crippen LogP) is 2.95. The van der Waals surface area contributed by atoms with Crippen LogP contribution in [0.3, 0.4) is 0 Å². The summed E-state index contributed by atoms with van der Waals surface area (Å²) in [6, 6.07) is 7.54. The number of nitrogens with one attached hydrogen (secondary N) is 3. The average molecular weight is 338 g/mol. The summed E-state index contributed by atoms with van der Waals surface area (Å²) in [4.78, 5) is 23.5. The number of carbonyl (C=O) groups is 2. The lowest BCUT2D eigenvalue weighted by Crippen LogP contribution is -2.31. The molecule has 0 fully saturated rings. The molecule has 3 N–H and O–H groups in total. The van der Waals surface area contributed by atoms with Crippen molar-refractivity contribution >= 4 is 34.9 Å². The van der Waals surface area contributed by atoms with Gasteiger partial charge in [0.15, 0.2) is 5.76 Å². The Morgan fingerprint density at radius 2 is 2.09 bits per heavy atom. The maximum absolute atomic E-state index is 11.9. The van der Waals surface area contributed by atoms with Gasteiger partial charge in [0.05, 0.1) is 23.6 Å². The minimum absolute atomic E-state index is 0.181. The Morgan fingerprint density at radius 1 is 1.26 bits per heavy atom. The summed E-state index contributed by atoms with van der Waals surface area (Å²) >= 11 is 6.11. The zero-order valence-electron chi connectivity index (χ0n) is 12.4. The average Bonchev–Trinajstić information content (AvgIpc) is 3.04. The minimum atomic E-state index is -0.407.